The molecule has 1 N–H and O–H groups in total. The normalized spacial score (nSPS) is 18.6. The summed E-state index contributed by atoms with van der Waals surface area (Å²) in [5.74, 6) is -0.123. The van der Waals surface area contributed by atoms with Crippen molar-refractivity contribution >= 4 is 11.8 Å². The second-order valence-electron chi connectivity index (χ2n) is 6.46. The fraction of sp³-hybridized carbons (Fsp3) is 0.562. The number of pyridine rings is 1. The quantitative estimate of drug-likeness (QED) is 0.924. The molecule has 2 amide bonds. The van der Waals surface area contributed by atoms with Crippen molar-refractivity contribution in [3.63, 3.8) is 0 Å². The highest BCUT2D eigenvalue weighted by molar-refractivity contribution is 5.87. The van der Waals surface area contributed by atoms with Crippen molar-refractivity contribution in [2.75, 3.05) is 13.1 Å². The van der Waals surface area contributed by atoms with Crippen molar-refractivity contribution in [1.82, 2.24) is 15.2 Å². The molecule has 2 heterocycles. The summed E-state index contributed by atoms with van der Waals surface area (Å²) in [4.78, 5) is 30.1. The number of hydrogen-bond donors (Lipinski definition) is 1. The zero-order chi connectivity index (χ0) is 15.5. The maximum Gasteiger partial charge on any atom is 0.242 e. The summed E-state index contributed by atoms with van der Waals surface area (Å²) in [6.45, 7) is 6.32. The molecule has 0 aromatic carbocycles. The first-order valence-electron chi connectivity index (χ1n) is 7.37. The van der Waals surface area contributed by atoms with Crippen LogP contribution in [0.3, 0.4) is 0 Å². The Kier molecular flexibility index (Phi) is 4.60. The van der Waals surface area contributed by atoms with Gasteiger partial charge in [-0.25, -0.2) is 0 Å². The van der Waals surface area contributed by atoms with E-state index < -0.39 is 5.41 Å². The highest BCUT2D eigenvalue weighted by Gasteiger charge is 2.30. The van der Waals surface area contributed by atoms with Gasteiger partial charge in [0.1, 0.15) is 0 Å². The Labute approximate surface area is 125 Å². The number of amides is 2. The molecular weight excluding hydrogens is 266 g/mol. The standard InChI is InChI=1S/C16H23N3O2/c1-16(2,3)15(21)18-11-14(20)19-10-4-5-13(19)12-6-8-17-9-7-12/h6-9,13H,4-5,10-11H2,1-3H3,(H,18,21). The SMILES string of the molecule is CC(C)(C)C(=O)NCC(=O)N1CCCC1c1ccncc1. The van der Waals surface area contributed by atoms with Crippen LogP contribution in [0, 0.1) is 5.41 Å². The Morgan fingerprint density at radius 3 is 2.62 bits per heavy atom. The maximum atomic E-state index is 12.4. The fourth-order valence-corrected chi connectivity index (χ4v) is 2.52. The van der Waals surface area contributed by atoms with Crippen molar-refractivity contribution < 1.29 is 9.59 Å². The van der Waals surface area contributed by atoms with E-state index in [9.17, 15) is 9.59 Å². The van der Waals surface area contributed by atoms with Gasteiger partial charge in [-0.1, -0.05) is 20.8 Å². The first-order valence-corrected chi connectivity index (χ1v) is 7.37. The molecule has 21 heavy (non-hydrogen) atoms. The van der Waals surface area contributed by atoms with E-state index in [0.717, 1.165) is 24.9 Å². The number of aromatic nitrogens is 1. The van der Waals surface area contributed by atoms with Gasteiger partial charge in [-0.05, 0) is 30.5 Å². The molecule has 0 radical (unpaired) electrons. The minimum atomic E-state index is -0.476. The van der Waals surface area contributed by atoms with Gasteiger partial charge in [-0.2, -0.15) is 0 Å². The van der Waals surface area contributed by atoms with Crippen molar-refractivity contribution in [3.05, 3.63) is 30.1 Å². The lowest BCUT2D eigenvalue weighted by molar-refractivity contribution is -0.135. The van der Waals surface area contributed by atoms with E-state index in [0.29, 0.717) is 0 Å². The van der Waals surface area contributed by atoms with Crippen molar-refractivity contribution in [1.29, 1.82) is 0 Å². The Morgan fingerprint density at radius 1 is 1.33 bits per heavy atom. The van der Waals surface area contributed by atoms with E-state index in [1.807, 2.05) is 37.8 Å². The average Bonchev–Trinajstić information content (AvgIpc) is 2.93. The molecule has 0 bridgehead atoms. The molecule has 0 spiro atoms. The molecule has 1 atom stereocenters. The topological polar surface area (TPSA) is 62.3 Å². The lowest BCUT2D eigenvalue weighted by Crippen LogP contribution is -2.43. The van der Waals surface area contributed by atoms with Crippen LogP contribution in [0.2, 0.25) is 0 Å². The number of rotatable bonds is 3. The van der Waals surface area contributed by atoms with E-state index in [2.05, 4.69) is 10.3 Å². The largest absolute Gasteiger partial charge is 0.347 e. The van der Waals surface area contributed by atoms with Gasteiger partial charge in [-0.3, -0.25) is 14.6 Å². The van der Waals surface area contributed by atoms with Gasteiger partial charge in [0, 0.05) is 24.4 Å². The first-order chi connectivity index (χ1) is 9.89. The molecule has 1 aliphatic rings. The molecule has 1 aromatic rings. The summed E-state index contributed by atoms with van der Waals surface area (Å²) in [6.07, 6.45) is 5.45. The van der Waals surface area contributed by atoms with Crippen molar-refractivity contribution in [3.8, 4) is 0 Å². The van der Waals surface area contributed by atoms with Gasteiger partial charge in [-0.15, -0.1) is 0 Å². The molecule has 0 aliphatic carbocycles. The molecule has 5 heteroatoms. The molecule has 114 valence electrons. The maximum absolute atomic E-state index is 12.4. The Hall–Kier alpha value is -1.91. The van der Waals surface area contributed by atoms with Crippen LogP contribution in [0.5, 0.6) is 0 Å². The highest BCUT2D eigenvalue weighted by atomic mass is 16.2. The van der Waals surface area contributed by atoms with E-state index in [-0.39, 0.29) is 24.4 Å². The van der Waals surface area contributed by atoms with E-state index in [1.54, 1.807) is 12.4 Å². The van der Waals surface area contributed by atoms with E-state index >= 15 is 0 Å². The number of nitrogens with one attached hydrogen (secondary N) is 1. The van der Waals surface area contributed by atoms with Crippen LogP contribution in [0.15, 0.2) is 24.5 Å². The fourth-order valence-electron chi connectivity index (χ4n) is 2.52. The predicted molar refractivity (Wildman–Crippen MR) is 80.4 cm³/mol. The molecule has 1 fully saturated rings. The second kappa shape index (κ2) is 6.24. The Bertz CT molecular complexity index is 508. The number of carbonyl (C=O) groups excluding carboxylic acids is 2. The highest BCUT2D eigenvalue weighted by Crippen LogP contribution is 2.31. The third-order valence-corrected chi connectivity index (χ3v) is 3.75. The van der Waals surface area contributed by atoms with Gasteiger partial charge in [0.15, 0.2) is 0 Å². The number of nitrogens with zero attached hydrogens (tertiary/aromatic N) is 2. The number of likely N-dealkylation sites (tertiary alicyclic amines) is 1. The second-order valence-corrected chi connectivity index (χ2v) is 6.46. The minimum Gasteiger partial charge on any atom is -0.347 e. The van der Waals surface area contributed by atoms with Crippen molar-refractivity contribution in [2.24, 2.45) is 5.41 Å². The first kappa shape index (κ1) is 15.5. The number of carbonyl (C=O) groups is 2. The molecule has 1 saturated heterocycles. The Balaban J connectivity index is 1.97. The van der Waals surface area contributed by atoms with Crippen LogP contribution in [-0.2, 0) is 9.59 Å². The molecule has 5 nitrogen and oxygen atoms in total. The smallest absolute Gasteiger partial charge is 0.242 e. The zero-order valence-electron chi connectivity index (χ0n) is 12.9. The van der Waals surface area contributed by atoms with Crippen LogP contribution in [0.1, 0.15) is 45.2 Å². The van der Waals surface area contributed by atoms with Gasteiger partial charge >= 0.3 is 0 Å². The zero-order valence-corrected chi connectivity index (χ0v) is 12.9. The summed E-state index contributed by atoms with van der Waals surface area (Å²) < 4.78 is 0. The number of hydrogen-bond acceptors (Lipinski definition) is 3. The molecule has 2 rings (SSSR count). The average molecular weight is 289 g/mol. The van der Waals surface area contributed by atoms with Crippen LogP contribution >= 0.6 is 0 Å². The Morgan fingerprint density at radius 2 is 2.00 bits per heavy atom. The summed E-state index contributed by atoms with van der Waals surface area (Å²) in [6, 6.07) is 4.00. The van der Waals surface area contributed by atoms with Crippen LogP contribution in [0.4, 0.5) is 0 Å². The van der Waals surface area contributed by atoms with Crippen LogP contribution in [-0.4, -0.2) is 34.8 Å². The molecule has 1 unspecified atom stereocenters. The monoisotopic (exact) mass is 289 g/mol. The van der Waals surface area contributed by atoms with Crippen LogP contribution < -0.4 is 5.32 Å². The molecular formula is C16H23N3O2. The summed E-state index contributed by atoms with van der Waals surface area (Å²) >= 11 is 0. The van der Waals surface area contributed by atoms with Gasteiger partial charge in [0.2, 0.25) is 11.8 Å². The third-order valence-electron chi connectivity index (χ3n) is 3.75. The lowest BCUT2D eigenvalue weighted by Gasteiger charge is -2.26. The molecule has 0 saturated carbocycles. The summed E-state index contributed by atoms with van der Waals surface area (Å²) in [5, 5.41) is 2.73. The van der Waals surface area contributed by atoms with E-state index in [4.69, 9.17) is 0 Å². The van der Waals surface area contributed by atoms with Crippen LogP contribution in [0.25, 0.3) is 0 Å². The molecule has 1 aromatic heterocycles. The summed E-state index contributed by atoms with van der Waals surface area (Å²) in [7, 11) is 0. The van der Waals surface area contributed by atoms with Gasteiger partial charge in [0.05, 0.1) is 12.6 Å². The third kappa shape index (κ3) is 3.80. The van der Waals surface area contributed by atoms with Gasteiger partial charge in [0.25, 0.3) is 0 Å². The van der Waals surface area contributed by atoms with Crippen molar-refractivity contribution in [2.45, 2.75) is 39.7 Å². The summed E-state index contributed by atoms with van der Waals surface area (Å²) in [5.41, 5.74) is 0.633. The molecule has 1 aliphatic heterocycles. The minimum absolute atomic E-state index is 0.0214. The van der Waals surface area contributed by atoms with E-state index in [1.165, 1.54) is 0 Å². The van der Waals surface area contributed by atoms with Gasteiger partial charge < -0.3 is 10.2 Å². The lowest BCUT2D eigenvalue weighted by atomic mass is 9.96. The predicted octanol–water partition coefficient (Wildman–Crippen LogP) is 1.91.